The van der Waals surface area contributed by atoms with Crippen LogP contribution in [-0.4, -0.2) is 26.9 Å². The number of thioether (sulfide) groups is 2. The Morgan fingerprint density at radius 1 is 1.08 bits per heavy atom. The quantitative estimate of drug-likeness (QED) is 0.359. The van der Waals surface area contributed by atoms with E-state index in [-0.39, 0.29) is 0 Å². The Labute approximate surface area is 162 Å². The van der Waals surface area contributed by atoms with E-state index in [2.05, 4.69) is 56.9 Å². The van der Waals surface area contributed by atoms with Crippen LogP contribution in [0.25, 0.3) is 5.76 Å². The molecule has 1 heterocycles. The normalized spacial score (nSPS) is 15.8. The molecule has 1 saturated heterocycles. The molecular formula is C20H30O2S2Si. The third-order valence-corrected chi connectivity index (χ3v) is 7.21. The van der Waals surface area contributed by atoms with Gasteiger partial charge in [-0.15, -0.1) is 23.5 Å². The van der Waals surface area contributed by atoms with Crippen LogP contribution in [0.15, 0.2) is 45.9 Å². The van der Waals surface area contributed by atoms with E-state index in [1.807, 2.05) is 23.5 Å². The minimum absolute atomic E-state index is 0.985. The second-order valence-electron chi connectivity index (χ2n) is 7.01. The van der Waals surface area contributed by atoms with Crippen LogP contribution in [0.1, 0.15) is 31.7 Å². The molecule has 0 aliphatic carbocycles. The molecule has 0 N–H and O–H groups in total. The maximum absolute atomic E-state index is 6.61. The highest BCUT2D eigenvalue weighted by Gasteiger charge is 2.26. The highest BCUT2D eigenvalue weighted by atomic mass is 32.2. The molecule has 0 atom stereocenters. The Balaban J connectivity index is 2.61. The summed E-state index contributed by atoms with van der Waals surface area (Å²) in [6.07, 6.45) is 3.28. The molecule has 2 rings (SSSR count). The number of methoxy groups -OCH3 is 1. The molecule has 1 aromatic carbocycles. The number of benzene rings is 1. The van der Waals surface area contributed by atoms with Crippen molar-refractivity contribution in [2.75, 3.05) is 18.6 Å². The average Bonchev–Trinajstić information content (AvgIpc) is 3.11. The second kappa shape index (κ2) is 9.79. The largest absolute Gasteiger partial charge is 0.544 e. The summed E-state index contributed by atoms with van der Waals surface area (Å²) >= 11 is 3.81. The van der Waals surface area contributed by atoms with Gasteiger partial charge in [0.05, 0.1) is 11.3 Å². The Kier molecular flexibility index (Phi) is 8.04. The van der Waals surface area contributed by atoms with Gasteiger partial charge in [0.1, 0.15) is 11.5 Å². The van der Waals surface area contributed by atoms with Crippen LogP contribution in [0.5, 0.6) is 0 Å². The summed E-state index contributed by atoms with van der Waals surface area (Å²) in [6.45, 7) is 8.96. The summed E-state index contributed by atoms with van der Waals surface area (Å²) in [5.41, 5.74) is 2.38. The van der Waals surface area contributed by atoms with E-state index >= 15 is 0 Å². The molecule has 0 radical (unpaired) electrons. The number of rotatable bonds is 8. The fourth-order valence-corrected chi connectivity index (χ4v) is 6.04. The van der Waals surface area contributed by atoms with Gasteiger partial charge < -0.3 is 9.16 Å². The highest BCUT2D eigenvalue weighted by molar-refractivity contribution is 8.25. The van der Waals surface area contributed by atoms with E-state index in [0.29, 0.717) is 0 Å². The Hall–Kier alpha value is -0.783. The molecule has 1 aliphatic heterocycles. The number of allylic oxidation sites excluding steroid dienone is 1. The number of ether oxygens (including phenoxy) is 1. The van der Waals surface area contributed by atoms with Gasteiger partial charge in [0.15, 0.2) is 0 Å². The van der Waals surface area contributed by atoms with Crippen molar-refractivity contribution in [2.45, 2.75) is 45.8 Å². The summed E-state index contributed by atoms with van der Waals surface area (Å²) in [4.78, 5) is 0. The van der Waals surface area contributed by atoms with Crippen molar-refractivity contribution in [3.63, 3.8) is 0 Å². The fourth-order valence-electron chi connectivity index (χ4n) is 2.65. The van der Waals surface area contributed by atoms with E-state index in [1.165, 1.54) is 9.81 Å². The van der Waals surface area contributed by atoms with E-state index in [1.54, 1.807) is 7.11 Å². The predicted molar refractivity (Wildman–Crippen MR) is 116 cm³/mol. The van der Waals surface area contributed by atoms with Crippen molar-refractivity contribution in [2.24, 2.45) is 0 Å². The van der Waals surface area contributed by atoms with Gasteiger partial charge in [0.25, 0.3) is 0 Å². The average molecular weight is 395 g/mol. The van der Waals surface area contributed by atoms with Crippen molar-refractivity contribution in [3.8, 4) is 0 Å². The summed E-state index contributed by atoms with van der Waals surface area (Å²) in [7, 11) is 0.0436. The smallest absolute Gasteiger partial charge is 0.242 e. The van der Waals surface area contributed by atoms with Crippen LogP contribution >= 0.6 is 23.5 Å². The van der Waals surface area contributed by atoms with Crippen LogP contribution in [0.4, 0.5) is 0 Å². The lowest BCUT2D eigenvalue weighted by molar-refractivity contribution is 0.296. The van der Waals surface area contributed by atoms with E-state index in [9.17, 15) is 0 Å². The fraction of sp³-hybridized carbons (Fsp3) is 0.500. The SMILES string of the molecule is CCCC/C(C(OC)=C1SCCS1)=C(\O[Si](C)(C)C)c1ccccc1. The zero-order valence-electron chi connectivity index (χ0n) is 16.1. The third kappa shape index (κ3) is 6.15. The molecule has 1 aliphatic rings. The third-order valence-electron chi connectivity index (χ3n) is 3.71. The van der Waals surface area contributed by atoms with E-state index in [4.69, 9.17) is 9.16 Å². The monoisotopic (exact) mass is 394 g/mol. The molecule has 2 nitrogen and oxygen atoms in total. The van der Waals surface area contributed by atoms with Gasteiger partial charge in [0, 0.05) is 22.6 Å². The minimum Gasteiger partial charge on any atom is -0.544 e. The zero-order valence-corrected chi connectivity index (χ0v) is 18.7. The molecule has 1 fully saturated rings. The molecule has 0 unspecified atom stereocenters. The predicted octanol–water partition coefficient (Wildman–Crippen LogP) is 6.73. The zero-order chi connectivity index (χ0) is 18.3. The highest BCUT2D eigenvalue weighted by Crippen LogP contribution is 2.43. The molecule has 5 heteroatoms. The maximum atomic E-state index is 6.61. The number of hydrogen-bond donors (Lipinski definition) is 0. The molecular weight excluding hydrogens is 364 g/mol. The first-order valence-electron chi connectivity index (χ1n) is 8.98. The van der Waals surface area contributed by atoms with E-state index in [0.717, 1.165) is 47.8 Å². The summed E-state index contributed by atoms with van der Waals surface area (Å²) in [5, 5.41) is 0. The van der Waals surface area contributed by atoms with Gasteiger partial charge >= 0.3 is 0 Å². The van der Waals surface area contributed by atoms with Gasteiger partial charge in [0.2, 0.25) is 8.32 Å². The van der Waals surface area contributed by atoms with Crippen LogP contribution in [0, 0.1) is 0 Å². The van der Waals surface area contributed by atoms with Gasteiger partial charge in [-0.05, 0) is 32.5 Å². The molecule has 138 valence electrons. The molecule has 1 aromatic rings. The van der Waals surface area contributed by atoms with Gasteiger partial charge in [-0.2, -0.15) is 0 Å². The Bertz CT molecular complexity index is 610. The first-order valence-corrected chi connectivity index (χ1v) is 14.4. The van der Waals surface area contributed by atoms with Crippen LogP contribution in [-0.2, 0) is 9.16 Å². The lowest BCUT2D eigenvalue weighted by atomic mass is 10.0. The second-order valence-corrected chi connectivity index (χ2v) is 13.9. The molecule has 25 heavy (non-hydrogen) atoms. The van der Waals surface area contributed by atoms with Crippen LogP contribution in [0.2, 0.25) is 19.6 Å². The number of hydrogen-bond acceptors (Lipinski definition) is 4. The molecule has 0 spiro atoms. The summed E-state index contributed by atoms with van der Waals surface area (Å²) in [5.74, 6) is 4.36. The Morgan fingerprint density at radius 3 is 2.24 bits per heavy atom. The topological polar surface area (TPSA) is 18.5 Å². The minimum atomic E-state index is -1.75. The van der Waals surface area contributed by atoms with Crippen molar-refractivity contribution >= 4 is 37.6 Å². The lowest BCUT2D eigenvalue weighted by Gasteiger charge is -2.26. The van der Waals surface area contributed by atoms with E-state index < -0.39 is 8.32 Å². The standard InChI is InChI=1S/C20H30O2S2Si/c1-6-7-13-17(19(21-2)20-23-14-15-24-20)18(22-25(3,4)5)16-11-9-8-10-12-16/h8-12H,6-7,13-15H2,1-5H3/b18-17+. The maximum Gasteiger partial charge on any atom is 0.242 e. The number of unbranched alkanes of at least 4 members (excludes halogenated alkanes) is 1. The van der Waals surface area contributed by atoms with Gasteiger partial charge in [-0.25, -0.2) is 0 Å². The molecule has 0 aromatic heterocycles. The summed E-state index contributed by atoms with van der Waals surface area (Å²) in [6, 6.07) is 10.5. The lowest BCUT2D eigenvalue weighted by Crippen LogP contribution is -2.25. The first kappa shape index (κ1) is 20.5. The van der Waals surface area contributed by atoms with Crippen LogP contribution < -0.4 is 0 Å². The van der Waals surface area contributed by atoms with Crippen molar-refractivity contribution < 1.29 is 9.16 Å². The van der Waals surface area contributed by atoms with Gasteiger partial charge in [-0.3, -0.25) is 0 Å². The van der Waals surface area contributed by atoms with Crippen LogP contribution in [0.3, 0.4) is 0 Å². The Morgan fingerprint density at radius 2 is 1.72 bits per heavy atom. The molecule has 0 bridgehead atoms. The van der Waals surface area contributed by atoms with Crippen molar-refractivity contribution in [1.82, 2.24) is 0 Å². The van der Waals surface area contributed by atoms with Gasteiger partial charge in [-0.1, -0.05) is 43.7 Å². The van der Waals surface area contributed by atoms with Crippen molar-refractivity contribution in [3.05, 3.63) is 51.5 Å². The first-order chi connectivity index (χ1) is 12.0. The molecule has 0 amide bonds. The summed E-state index contributed by atoms with van der Waals surface area (Å²) < 4.78 is 13.8. The molecule has 0 saturated carbocycles. The van der Waals surface area contributed by atoms with Crippen molar-refractivity contribution in [1.29, 1.82) is 0 Å².